The summed E-state index contributed by atoms with van der Waals surface area (Å²) in [5.41, 5.74) is 9.58. The molecule has 1 amide bonds. The average molecular weight is 244 g/mol. The fourth-order valence-corrected chi connectivity index (χ4v) is 1.73. The van der Waals surface area contributed by atoms with E-state index < -0.39 is 0 Å². The quantitative estimate of drug-likeness (QED) is 0.792. The normalized spacial score (nSPS) is 10.4. The van der Waals surface area contributed by atoms with E-state index in [9.17, 15) is 4.79 Å². The zero-order chi connectivity index (χ0) is 13.3. The number of amides is 1. The average Bonchev–Trinajstić information content (AvgIpc) is 2.73. The first kappa shape index (κ1) is 12.2. The summed E-state index contributed by atoms with van der Waals surface area (Å²) < 4.78 is 1.59. The molecule has 0 unspecified atom stereocenters. The highest BCUT2D eigenvalue weighted by Crippen LogP contribution is 2.22. The van der Waals surface area contributed by atoms with E-state index in [1.165, 1.54) is 0 Å². The lowest BCUT2D eigenvalue weighted by Gasteiger charge is -2.10. The van der Waals surface area contributed by atoms with Crippen LogP contribution in [0.5, 0.6) is 0 Å². The second-order valence-corrected chi connectivity index (χ2v) is 4.35. The monoisotopic (exact) mass is 244 g/mol. The number of nitrogens with zero attached hydrogens (tertiary/aromatic N) is 2. The first-order valence-electron chi connectivity index (χ1n) is 5.65. The van der Waals surface area contributed by atoms with Crippen molar-refractivity contribution in [3.05, 3.63) is 41.2 Å². The van der Waals surface area contributed by atoms with Gasteiger partial charge < -0.3 is 11.1 Å². The van der Waals surface area contributed by atoms with Gasteiger partial charge >= 0.3 is 0 Å². The van der Waals surface area contributed by atoms with Gasteiger partial charge in [0, 0.05) is 24.6 Å². The number of hydrogen-bond donors (Lipinski definition) is 2. The Morgan fingerprint density at radius 2 is 2.06 bits per heavy atom. The highest BCUT2D eigenvalue weighted by Gasteiger charge is 2.11. The van der Waals surface area contributed by atoms with Crippen LogP contribution in [0.3, 0.4) is 0 Å². The van der Waals surface area contributed by atoms with E-state index in [2.05, 4.69) is 10.4 Å². The van der Waals surface area contributed by atoms with Crippen LogP contribution in [-0.4, -0.2) is 15.7 Å². The Labute approximate surface area is 106 Å². The smallest absolute Gasteiger partial charge is 0.276 e. The topological polar surface area (TPSA) is 72.9 Å². The van der Waals surface area contributed by atoms with Crippen molar-refractivity contribution in [2.75, 3.05) is 11.1 Å². The molecular formula is C13H16N4O. The van der Waals surface area contributed by atoms with E-state index in [0.717, 1.165) is 11.1 Å². The number of benzene rings is 1. The van der Waals surface area contributed by atoms with Gasteiger partial charge in [0.15, 0.2) is 5.69 Å². The molecule has 2 rings (SSSR count). The van der Waals surface area contributed by atoms with Gasteiger partial charge in [-0.15, -0.1) is 0 Å². The minimum atomic E-state index is -0.234. The summed E-state index contributed by atoms with van der Waals surface area (Å²) in [5.74, 6) is -0.234. The van der Waals surface area contributed by atoms with Crippen LogP contribution >= 0.6 is 0 Å². The largest absolute Gasteiger partial charge is 0.398 e. The summed E-state index contributed by atoms with van der Waals surface area (Å²) in [4.78, 5) is 11.9. The van der Waals surface area contributed by atoms with Crippen LogP contribution in [0.15, 0.2) is 24.4 Å². The molecule has 3 N–H and O–H groups in total. The zero-order valence-electron chi connectivity index (χ0n) is 10.7. The number of nitrogen functional groups attached to an aromatic ring is 1. The summed E-state index contributed by atoms with van der Waals surface area (Å²) in [7, 11) is 1.77. The molecule has 0 aliphatic rings. The lowest BCUT2D eigenvalue weighted by molar-refractivity contribution is 0.102. The Bertz CT molecular complexity index is 601. The highest BCUT2D eigenvalue weighted by atomic mass is 16.1. The molecule has 1 heterocycles. The van der Waals surface area contributed by atoms with Crippen LogP contribution in [-0.2, 0) is 7.05 Å². The number of hydrogen-bond acceptors (Lipinski definition) is 3. The van der Waals surface area contributed by atoms with Crippen molar-refractivity contribution in [1.29, 1.82) is 0 Å². The Kier molecular flexibility index (Phi) is 3.06. The maximum Gasteiger partial charge on any atom is 0.276 e. The predicted molar refractivity (Wildman–Crippen MR) is 71.5 cm³/mol. The van der Waals surface area contributed by atoms with E-state index in [1.807, 2.05) is 19.9 Å². The van der Waals surface area contributed by atoms with Gasteiger partial charge in [0.25, 0.3) is 5.91 Å². The third kappa shape index (κ3) is 2.34. The van der Waals surface area contributed by atoms with Gasteiger partial charge in [-0.2, -0.15) is 5.10 Å². The van der Waals surface area contributed by atoms with E-state index >= 15 is 0 Å². The standard InChI is InChI=1S/C13H16N4O/c1-8-6-9(2)12(7-10(8)14)15-13(18)11-4-5-17(3)16-11/h4-7H,14H2,1-3H3,(H,15,18). The van der Waals surface area contributed by atoms with Crippen LogP contribution in [0.2, 0.25) is 0 Å². The third-order valence-electron chi connectivity index (χ3n) is 2.81. The fourth-order valence-electron chi connectivity index (χ4n) is 1.73. The maximum absolute atomic E-state index is 11.9. The van der Waals surface area contributed by atoms with Gasteiger partial charge in [-0.1, -0.05) is 6.07 Å². The summed E-state index contributed by atoms with van der Waals surface area (Å²) in [6.07, 6.45) is 1.73. The molecule has 94 valence electrons. The molecule has 1 aromatic heterocycles. The number of nitrogens with one attached hydrogen (secondary N) is 1. The number of carbonyl (C=O) groups excluding carboxylic acids is 1. The molecular weight excluding hydrogens is 228 g/mol. The highest BCUT2D eigenvalue weighted by molar-refractivity contribution is 6.03. The maximum atomic E-state index is 11.9. The molecule has 0 aliphatic carbocycles. The molecule has 18 heavy (non-hydrogen) atoms. The van der Waals surface area contributed by atoms with Crippen molar-refractivity contribution in [2.45, 2.75) is 13.8 Å². The lowest BCUT2D eigenvalue weighted by atomic mass is 10.1. The van der Waals surface area contributed by atoms with Crippen molar-refractivity contribution in [3.63, 3.8) is 0 Å². The minimum absolute atomic E-state index is 0.234. The second-order valence-electron chi connectivity index (χ2n) is 4.35. The zero-order valence-corrected chi connectivity index (χ0v) is 10.7. The van der Waals surface area contributed by atoms with Gasteiger partial charge in [-0.25, -0.2) is 0 Å². The summed E-state index contributed by atoms with van der Waals surface area (Å²) in [6.45, 7) is 3.87. The molecule has 5 heteroatoms. The molecule has 5 nitrogen and oxygen atoms in total. The molecule has 0 spiro atoms. The Balaban J connectivity index is 2.24. The van der Waals surface area contributed by atoms with E-state index in [4.69, 9.17) is 5.73 Å². The second kappa shape index (κ2) is 4.52. The molecule has 0 fully saturated rings. The number of rotatable bonds is 2. The molecule has 0 atom stereocenters. The molecule has 2 aromatic rings. The first-order chi connectivity index (χ1) is 8.47. The van der Waals surface area contributed by atoms with Crippen LogP contribution in [0, 0.1) is 13.8 Å². The third-order valence-corrected chi connectivity index (χ3v) is 2.81. The van der Waals surface area contributed by atoms with Crippen LogP contribution in [0.4, 0.5) is 11.4 Å². The van der Waals surface area contributed by atoms with Crippen molar-refractivity contribution in [2.24, 2.45) is 7.05 Å². The molecule has 0 radical (unpaired) electrons. The first-order valence-corrected chi connectivity index (χ1v) is 5.65. The number of aromatic nitrogens is 2. The van der Waals surface area contributed by atoms with E-state index in [1.54, 1.807) is 30.1 Å². The lowest BCUT2D eigenvalue weighted by Crippen LogP contribution is -2.14. The molecule has 0 saturated carbocycles. The minimum Gasteiger partial charge on any atom is -0.398 e. The summed E-state index contributed by atoms with van der Waals surface area (Å²) in [5, 5.41) is 6.86. The van der Waals surface area contributed by atoms with Gasteiger partial charge in [0.1, 0.15) is 0 Å². The van der Waals surface area contributed by atoms with E-state index in [-0.39, 0.29) is 5.91 Å². The van der Waals surface area contributed by atoms with Gasteiger partial charge in [-0.05, 0) is 37.1 Å². The van der Waals surface area contributed by atoms with Gasteiger partial charge in [0.2, 0.25) is 0 Å². The van der Waals surface area contributed by atoms with Gasteiger partial charge in [0.05, 0.1) is 0 Å². The summed E-state index contributed by atoms with van der Waals surface area (Å²) >= 11 is 0. The Hall–Kier alpha value is -2.30. The molecule has 0 aliphatic heterocycles. The SMILES string of the molecule is Cc1cc(C)c(NC(=O)c2ccn(C)n2)cc1N. The number of aryl methyl sites for hydroxylation is 3. The predicted octanol–water partition coefficient (Wildman–Crippen LogP) is 1.87. The molecule has 0 saturated heterocycles. The van der Waals surface area contributed by atoms with Crippen molar-refractivity contribution in [3.8, 4) is 0 Å². The number of anilines is 2. The molecule has 1 aromatic carbocycles. The van der Waals surface area contributed by atoms with Crippen molar-refractivity contribution >= 4 is 17.3 Å². The fraction of sp³-hybridized carbons (Fsp3) is 0.231. The van der Waals surface area contributed by atoms with Crippen LogP contribution < -0.4 is 11.1 Å². The number of carbonyl (C=O) groups is 1. The van der Waals surface area contributed by atoms with E-state index in [0.29, 0.717) is 17.1 Å². The van der Waals surface area contributed by atoms with Crippen LogP contribution in [0.25, 0.3) is 0 Å². The Morgan fingerprint density at radius 1 is 1.33 bits per heavy atom. The summed E-state index contributed by atoms with van der Waals surface area (Å²) in [6, 6.07) is 5.39. The van der Waals surface area contributed by atoms with Crippen LogP contribution in [0.1, 0.15) is 21.6 Å². The van der Waals surface area contributed by atoms with Gasteiger partial charge in [-0.3, -0.25) is 9.48 Å². The number of nitrogens with two attached hydrogens (primary N) is 1. The Morgan fingerprint density at radius 3 is 2.67 bits per heavy atom. The van der Waals surface area contributed by atoms with Crippen molar-refractivity contribution in [1.82, 2.24) is 9.78 Å². The molecule has 0 bridgehead atoms. The van der Waals surface area contributed by atoms with Crippen molar-refractivity contribution < 1.29 is 4.79 Å².